The van der Waals surface area contributed by atoms with Gasteiger partial charge in [-0.1, -0.05) is 47.5 Å². The number of aromatic nitrogens is 2. The van der Waals surface area contributed by atoms with Gasteiger partial charge < -0.3 is 14.6 Å². The molecule has 5 rings (SSSR count). The van der Waals surface area contributed by atoms with Crippen LogP contribution in [0.2, 0.25) is 10.0 Å². The van der Waals surface area contributed by atoms with E-state index in [-0.39, 0.29) is 33.8 Å². The standard InChI is InChI=1S/C30H26Cl2N4O4S/c1-19(2)36-27-9-5-4-8-26(27)34-29(36)18-33-30(37)23-17-20(31)11-16-25(23)35-41(38,39)22-14-12-21(13-15-22)40-28-10-6-3-7-24(28)32/h3-17,19,35H,18H2,1-2H3,(H,33,37). The summed E-state index contributed by atoms with van der Waals surface area (Å²) in [5, 5.41) is 3.57. The average Bonchev–Trinajstić information content (AvgIpc) is 3.33. The highest BCUT2D eigenvalue weighted by molar-refractivity contribution is 7.92. The molecule has 0 atom stereocenters. The van der Waals surface area contributed by atoms with E-state index in [0.717, 1.165) is 11.0 Å². The van der Waals surface area contributed by atoms with Gasteiger partial charge in [0.25, 0.3) is 15.9 Å². The van der Waals surface area contributed by atoms with Crippen molar-refractivity contribution in [2.75, 3.05) is 4.72 Å². The molecule has 5 aromatic rings. The highest BCUT2D eigenvalue weighted by Gasteiger charge is 2.21. The van der Waals surface area contributed by atoms with Gasteiger partial charge >= 0.3 is 0 Å². The van der Waals surface area contributed by atoms with Gasteiger partial charge in [0, 0.05) is 11.1 Å². The predicted molar refractivity (Wildman–Crippen MR) is 162 cm³/mol. The maximum absolute atomic E-state index is 13.3. The Morgan fingerprint density at radius 1 is 0.951 bits per heavy atom. The summed E-state index contributed by atoms with van der Waals surface area (Å²) in [6.07, 6.45) is 0. The summed E-state index contributed by atoms with van der Waals surface area (Å²) in [4.78, 5) is 17.9. The van der Waals surface area contributed by atoms with Crippen molar-refractivity contribution in [3.63, 3.8) is 0 Å². The molecule has 0 saturated heterocycles. The van der Waals surface area contributed by atoms with E-state index in [1.807, 2.05) is 38.1 Å². The highest BCUT2D eigenvalue weighted by atomic mass is 35.5. The number of rotatable bonds is 9. The molecular weight excluding hydrogens is 583 g/mol. The largest absolute Gasteiger partial charge is 0.456 e. The number of para-hydroxylation sites is 3. The molecule has 41 heavy (non-hydrogen) atoms. The van der Waals surface area contributed by atoms with E-state index in [0.29, 0.717) is 22.3 Å². The van der Waals surface area contributed by atoms with Gasteiger partial charge in [0.2, 0.25) is 0 Å². The lowest BCUT2D eigenvalue weighted by Gasteiger charge is -2.15. The minimum Gasteiger partial charge on any atom is -0.456 e. The number of benzene rings is 4. The molecule has 1 aromatic heterocycles. The fraction of sp³-hybridized carbons (Fsp3) is 0.133. The van der Waals surface area contributed by atoms with E-state index >= 15 is 0 Å². The molecule has 0 saturated carbocycles. The number of amides is 1. The van der Waals surface area contributed by atoms with Crippen LogP contribution >= 0.6 is 23.2 Å². The van der Waals surface area contributed by atoms with E-state index in [2.05, 4.69) is 19.6 Å². The van der Waals surface area contributed by atoms with E-state index in [9.17, 15) is 13.2 Å². The molecular formula is C30H26Cl2N4O4S. The summed E-state index contributed by atoms with van der Waals surface area (Å²) in [5.41, 5.74) is 1.95. The van der Waals surface area contributed by atoms with Crippen LogP contribution in [0.3, 0.4) is 0 Å². The number of anilines is 1. The number of halogens is 2. The molecule has 1 heterocycles. The Labute approximate surface area is 247 Å². The van der Waals surface area contributed by atoms with Gasteiger partial charge in [0.05, 0.1) is 38.7 Å². The van der Waals surface area contributed by atoms with Gasteiger partial charge in [-0.25, -0.2) is 13.4 Å². The highest BCUT2D eigenvalue weighted by Crippen LogP contribution is 2.30. The number of nitrogens with zero attached hydrogens (tertiary/aromatic N) is 2. The summed E-state index contributed by atoms with van der Waals surface area (Å²) >= 11 is 12.3. The molecule has 0 fully saturated rings. The summed E-state index contributed by atoms with van der Waals surface area (Å²) < 4.78 is 36.8. The van der Waals surface area contributed by atoms with E-state index < -0.39 is 15.9 Å². The molecule has 2 N–H and O–H groups in total. The molecule has 1 amide bonds. The Hall–Kier alpha value is -4.05. The third-order valence-corrected chi connectivity index (χ3v) is 8.19. The zero-order chi connectivity index (χ0) is 29.1. The van der Waals surface area contributed by atoms with E-state index in [1.165, 1.54) is 42.5 Å². The fourth-order valence-electron chi connectivity index (χ4n) is 4.39. The van der Waals surface area contributed by atoms with Crippen LogP contribution < -0.4 is 14.8 Å². The maximum Gasteiger partial charge on any atom is 0.261 e. The van der Waals surface area contributed by atoms with Gasteiger partial charge in [0.1, 0.15) is 17.3 Å². The lowest BCUT2D eigenvalue weighted by atomic mass is 10.1. The molecule has 0 aliphatic heterocycles. The van der Waals surface area contributed by atoms with Gasteiger partial charge in [0.15, 0.2) is 0 Å². The smallest absolute Gasteiger partial charge is 0.261 e. The molecule has 8 nitrogen and oxygen atoms in total. The van der Waals surface area contributed by atoms with Crippen molar-refractivity contribution in [2.45, 2.75) is 31.3 Å². The van der Waals surface area contributed by atoms with E-state index in [1.54, 1.807) is 24.3 Å². The van der Waals surface area contributed by atoms with Crippen LogP contribution in [-0.4, -0.2) is 23.9 Å². The van der Waals surface area contributed by atoms with Crippen molar-refractivity contribution in [1.82, 2.24) is 14.9 Å². The van der Waals surface area contributed by atoms with Crippen molar-refractivity contribution in [3.05, 3.63) is 112 Å². The first-order valence-corrected chi connectivity index (χ1v) is 14.9. The first-order valence-electron chi connectivity index (χ1n) is 12.7. The van der Waals surface area contributed by atoms with Crippen LogP contribution in [0.5, 0.6) is 11.5 Å². The summed E-state index contributed by atoms with van der Waals surface area (Å²) in [6.45, 7) is 4.22. The quantitative estimate of drug-likeness (QED) is 0.181. The molecule has 0 bridgehead atoms. The lowest BCUT2D eigenvalue weighted by Crippen LogP contribution is -2.26. The first-order chi connectivity index (χ1) is 19.6. The Bertz CT molecular complexity index is 1840. The SMILES string of the molecule is CC(C)n1c(CNC(=O)c2cc(Cl)ccc2NS(=O)(=O)c2ccc(Oc3ccccc3Cl)cc2)nc2ccccc21. The van der Waals surface area contributed by atoms with Crippen molar-refractivity contribution in [3.8, 4) is 11.5 Å². The van der Waals surface area contributed by atoms with Crippen LogP contribution in [0.15, 0.2) is 95.9 Å². The van der Waals surface area contributed by atoms with Crippen LogP contribution in [0.4, 0.5) is 5.69 Å². The molecule has 0 radical (unpaired) electrons. The van der Waals surface area contributed by atoms with Crippen molar-refractivity contribution in [1.29, 1.82) is 0 Å². The number of carbonyl (C=O) groups excluding carboxylic acids is 1. The minimum absolute atomic E-state index is 0.0176. The zero-order valence-electron chi connectivity index (χ0n) is 22.1. The van der Waals surface area contributed by atoms with E-state index in [4.69, 9.17) is 27.9 Å². The van der Waals surface area contributed by atoms with Crippen LogP contribution in [-0.2, 0) is 16.6 Å². The minimum atomic E-state index is -4.05. The Morgan fingerprint density at radius 3 is 2.39 bits per heavy atom. The zero-order valence-corrected chi connectivity index (χ0v) is 24.5. The summed E-state index contributed by atoms with van der Waals surface area (Å²) in [7, 11) is -4.05. The maximum atomic E-state index is 13.3. The molecule has 0 unspecified atom stereocenters. The molecule has 210 valence electrons. The number of fused-ring (bicyclic) bond motifs is 1. The van der Waals surface area contributed by atoms with Crippen LogP contribution in [0.25, 0.3) is 11.0 Å². The Balaban J connectivity index is 1.34. The monoisotopic (exact) mass is 608 g/mol. The second-order valence-electron chi connectivity index (χ2n) is 9.46. The van der Waals surface area contributed by atoms with Crippen LogP contribution in [0.1, 0.15) is 36.1 Å². The third-order valence-electron chi connectivity index (χ3n) is 6.26. The second-order valence-corrected chi connectivity index (χ2v) is 12.0. The molecule has 0 aliphatic carbocycles. The third kappa shape index (κ3) is 6.32. The molecule has 0 aliphatic rings. The van der Waals surface area contributed by atoms with Gasteiger partial charge in [-0.3, -0.25) is 9.52 Å². The Morgan fingerprint density at radius 2 is 1.66 bits per heavy atom. The second kappa shape index (κ2) is 11.8. The topological polar surface area (TPSA) is 102 Å². The van der Waals surface area contributed by atoms with Gasteiger partial charge in [-0.15, -0.1) is 0 Å². The number of sulfonamides is 1. The Kier molecular flexibility index (Phi) is 8.21. The van der Waals surface area contributed by atoms with Gasteiger partial charge in [-0.05, 0) is 80.6 Å². The van der Waals surface area contributed by atoms with Gasteiger partial charge in [-0.2, -0.15) is 0 Å². The lowest BCUT2D eigenvalue weighted by molar-refractivity contribution is 0.0950. The molecule has 11 heteroatoms. The number of imidazole rings is 1. The van der Waals surface area contributed by atoms with Crippen molar-refractivity contribution < 1.29 is 17.9 Å². The number of hydrogen-bond acceptors (Lipinski definition) is 5. The van der Waals surface area contributed by atoms with Crippen molar-refractivity contribution in [2.24, 2.45) is 0 Å². The number of nitrogens with one attached hydrogen (secondary N) is 2. The summed E-state index contributed by atoms with van der Waals surface area (Å²) in [6, 6.07) is 25.1. The number of ether oxygens (including phenoxy) is 1. The number of hydrogen-bond donors (Lipinski definition) is 2. The molecule has 4 aromatic carbocycles. The van der Waals surface area contributed by atoms with Crippen molar-refractivity contribution >= 4 is 55.9 Å². The normalized spacial score (nSPS) is 11.5. The average molecular weight is 610 g/mol. The molecule has 0 spiro atoms. The summed E-state index contributed by atoms with van der Waals surface area (Å²) in [5.74, 6) is 1.04. The van der Waals surface area contributed by atoms with Crippen LogP contribution in [0, 0.1) is 0 Å². The fourth-order valence-corrected chi connectivity index (χ4v) is 5.81. The number of carbonyl (C=O) groups is 1. The predicted octanol–water partition coefficient (Wildman–Crippen LogP) is 7.45. The first kappa shape index (κ1) is 28.5.